The molecule has 11 nitrogen and oxygen atoms in total. The maximum absolute atomic E-state index is 11.7. The standard InChI is InChI=1S/C15H21NO4.C14H19NO4.K.H2O/c1-11(15(2,3)13(17)19-4)16-14(18)20-10-12-8-6-5-7-9-12;1-10(14(2,3)12(16)17)15-13(18)19-9-11-7-5-4-6-8-11;;/h5-9,11H,10H2,1-4H3,(H,16,18);4-8,10H,9H2,1-3H3,(H,15,18)(H,16,17);;1H2/q;;+1;/p-1/t11-;10-;;/m11../s1. The molecule has 0 fully saturated rings. The van der Waals surface area contributed by atoms with Gasteiger partial charge >= 0.3 is 75.5 Å². The number of ether oxygens (including phenoxy) is 3. The quantitative estimate of drug-likeness (QED) is 0.209. The van der Waals surface area contributed by atoms with Crippen molar-refractivity contribution in [1.82, 2.24) is 10.6 Å². The summed E-state index contributed by atoms with van der Waals surface area (Å²) in [6.07, 6.45) is -1.18. The van der Waals surface area contributed by atoms with Crippen molar-refractivity contribution >= 4 is 24.1 Å². The van der Waals surface area contributed by atoms with Gasteiger partial charge in [0.25, 0.3) is 0 Å². The first kappa shape index (κ1) is 40.7. The summed E-state index contributed by atoms with van der Waals surface area (Å²) < 4.78 is 14.9. The van der Waals surface area contributed by atoms with Crippen LogP contribution in [0.5, 0.6) is 0 Å². The number of hydrogen-bond donors (Lipinski definition) is 3. The van der Waals surface area contributed by atoms with Crippen molar-refractivity contribution < 1.29 is 95.4 Å². The van der Waals surface area contributed by atoms with Crippen molar-refractivity contribution in [2.45, 2.75) is 66.8 Å². The summed E-state index contributed by atoms with van der Waals surface area (Å²) in [5, 5.41) is 14.2. The Kier molecular flexibility index (Phi) is 19.4. The summed E-state index contributed by atoms with van der Waals surface area (Å²) in [5.41, 5.74) is -0.0861. The average molecular weight is 601 g/mol. The van der Waals surface area contributed by atoms with Gasteiger partial charge in [-0.05, 0) is 52.7 Å². The molecule has 0 aliphatic rings. The van der Waals surface area contributed by atoms with Crippen LogP contribution in [0, 0.1) is 10.8 Å². The number of carboxylic acid groups (broad SMARTS) is 1. The molecule has 0 aliphatic carbocycles. The van der Waals surface area contributed by atoms with E-state index >= 15 is 0 Å². The molecule has 4 N–H and O–H groups in total. The molecule has 0 bridgehead atoms. The van der Waals surface area contributed by atoms with E-state index in [4.69, 9.17) is 19.3 Å². The third-order valence-electron chi connectivity index (χ3n) is 6.52. The van der Waals surface area contributed by atoms with Crippen LogP contribution in [0.3, 0.4) is 0 Å². The first-order chi connectivity index (χ1) is 18.2. The normalized spacial score (nSPS) is 11.9. The molecular weight excluding hydrogens is 559 g/mol. The number of rotatable bonds is 10. The summed E-state index contributed by atoms with van der Waals surface area (Å²) >= 11 is 0. The zero-order valence-corrected chi connectivity index (χ0v) is 28.2. The Hall–Kier alpha value is -2.48. The van der Waals surface area contributed by atoms with Crippen LogP contribution in [-0.4, -0.2) is 53.9 Å². The first-order valence-corrected chi connectivity index (χ1v) is 12.5. The van der Waals surface area contributed by atoms with Gasteiger partial charge in [0, 0.05) is 12.1 Å². The fraction of sp³-hybridized carbons (Fsp3) is 0.448. The number of carbonyl (C=O) groups excluding carboxylic acids is 3. The predicted molar refractivity (Wildman–Crippen MR) is 148 cm³/mol. The Morgan fingerprint density at radius 3 is 1.39 bits per heavy atom. The minimum Gasteiger partial charge on any atom is -0.870 e. The number of carboxylic acids is 1. The number of hydrogen-bond acceptors (Lipinski definition) is 8. The van der Waals surface area contributed by atoms with Crippen LogP contribution in [-0.2, 0) is 37.0 Å². The van der Waals surface area contributed by atoms with Crippen LogP contribution in [0.4, 0.5) is 9.59 Å². The molecule has 0 radical (unpaired) electrons. The minimum atomic E-state index is -1.05. The smallest absolute Gasteiger partial charge is 0.870 e. The fourth-order valence-corrected chi connectivity index (χ4v) is 2.87. The van der Waals surface area contributed by atoms with E-state index in [1.807, 2.05) is 60.7 Å². The molecule has 2 amide bonds. The number of benzene rings is 2. The maximum atomic E-state index is 11.7. The Bertz CT molecular complexity index is 1080. The number of methoxy groups -OCH3 is 1. The third-order valence-corrected chi connectivity index (χ3v) is 6.52. The Morgan fingerprint density at radius 2 is 1.07 bits per heavy atom. The summed E-state index contributed by atoms with van der Waals surface area (Å²) in [7, 11) is 1.32. The van der Waals surface area contributed by atoms with Gasteiger partial charge in [-0.3, -0.25) is 9.59 Å². The second kappa shape index (κ2) is 19.6. The van der Waals surface area contributed by atoms with Gasteiger partial charge in [-0.2, -0.15) is 0 Å². The van der Waals surface area contributed by atoms with Gasteiger partial charge in [0.1, 0.15) is 13.2 Å². The summed E-state index contributed by atoms with van der Waals surface area (Å²) in [6.45, 7) is 10.3. The zero-order valence-electron chi connectivity index (χ0n) is 25.1. The van der Waals surface area contributed by atoms with E-state index in [-0.39, 0.29) is 76.0 Å². The molecule has 2 atom stereocenters. The SMILES string of the molecule is COC(=O)C(C)(C)[C@@H](C)NC(=O)OCc1ccccc1.C[C@@H](NC(=O)OCc1ccccc1)C(C)(C)C(=O)O.[K+].[OH-]. The number of amides is 2. The molecule has 0 heterocycles. The molecule has 0 aromatic heterocycles. The van der Waals surface area contributed by atoms with E-state index in [2.05, 4.69) is 10.6 Å². The summed E-state index contributed by atoms with van der Waals surface area (Å²) in [5.74, 6) is -1.35. The zero-order chi connectivity index (χ0) is 29.6. The first-order valence-electron chi connectivity index (χ1n) is 12.5. The van der Waals surface area contributed by atoms with E-state index in [0.29, 0.717) is 0 Å². The molecule has 2 aromatic carbocycles. The molecule has 0 saturated heterocycles. The van der Waals surface area contributed by atoms with Gasteiger partial charge in [0.2, 0.25) is 0 Å². The number of alkyl carbamates (subject to hydrolysis) is 2. The molecule has 0 saturated carbocycles. The van der Waals surface area contributed by atoms with Crippen molar-refractivity contribution in [3.63, 3.8) is 0 Å². The molecule has 12 heteroatoms. The Labute approximate surface area is 284 Å². The Balaban J connectivity index is 0. The van der Waals surface area contributed by atoms with Crippen LogP contribution in [0.15, 0.2) is 60.7 Å². The van der Waals surface area contributed by atoms with Gasteiger partial charge in [0.15, 0.2) is 0 Å². The third kappa shape index (κ3) is 14.3. The number of aliphatic carboxylic acids is 1. The predicted octanol–water partition coefficient (Wildman–Crippen LogP) is 1.74. The van der Waals surface area contributed by atoms with Crippen molar-refractivity contribution in [1.29, 1.82) is 0 Å². The Morgan fingerprint density at radius 1 is 0.732 bits per heavy atom. The van der Waals surface area contributed by atoms with Crippen LogP contribution < -0.4 is 62.0 Å². The van der Waals surface area contributed by atoms with Gasteiger partial charge in [-0.25, -0.2) is 9.59 Å². The van der Waals surface area contributed by atoms with Gasteiger partial charge in [-0.15, -0.1) is 0 Å². The molecule has 0 aliphatic heterocycles. The topological polar surface area (TPSA) is 170 Å². The van der Waals surface area contributed by atoms with Crippen molar-refractivity contribution in [2.75, 3.05) is 7.11 Å². The largest absolute Gasteiger partial charge is 1.00 e. The summed E-state index contributed by atoms with van der Waals surface area (Å²) in [4.78, 5) is 45.9. The van der Waals surface area contributed by atoms with Crippen molar-refractivity contribution in [2.24, 2.45) is 10.8 Å². The van der Waals surface area contributed by atoms with Crippen LogP contribution in [0.1, 0.15) is 52.7 Å². The van der Waals surface area contributed by atoms with E-state index in [9.17, 15) is 19.2 Å². The minimum absolute atomic E-state index is 0. The van der Waals surface area contributed by atoms with Crippen LogP contribution >= 0.6 is 0 Å². The van der Waals surface area contributed by atoms with Crippen LogP contribution in [0.2, 0.25) is 0 Å². The average Bonchev–Trinajstić information content (AvgIpc) is 2.91. The van der Waals surface area contributed by atoms with Gasteiger partial charge in [0.05, 0.1) is 17.9 Å². The molecule has 0 spiro atoms. The second-order valence-electron chi connectivity index (χ2n) is 10.1. The van der Waals surface area contributed by atoms with Gasteiger partial charge in [-0.1, -0.05) is 60.7 Å². The molecule has 0 unspecified atom stereocenters. The molecular formula is C29H41KN2O9. The van der Waals surface area contributed by atoms with Crippen molar-refractivity contribution in [3.05, 3.63) is 71.8 Å². The molecule has 222 valence electrons. The van der Waals surface area contributed by atoms with E-state index in [1.165, 1.54) is 7.11 Å². The monoisotopic (exact) mass is 600 g/mol. The second-order valence-corrected chi connectivity index (χ2v) is 10.1. The van der Waals surface area contributed by atoms with E-state index < -0.39 is 41.1 Å². The molecule has 2 rings (SSSR count). The molecule has 2 aromatic rings. The number of esters is 1. The van der Waals surface area contributed by atoms with Crippen LogP contribution in [0.25, 0.3) is 0 Å². The number of nitrogens with one attached hydrogen (secondary N) is 2. The van der Waals surface area contributed by atoms with Gasteiger partial charge < -0.3 is 35.4 Å². The molecule has 41 heavy (non-hydrogen) atoms. The van der Waals surface area contributed by atoms with Crippen molar-refractivity contribution in [3.8, 4) is 0 Å². The summed E-state index contributed by atoms with van der Waals surface area (Å²) in [6, 6.07) is 17.7. The number of carbonyl (C=O) groups is 4. The maximum Gasteiger partial charge on any atom is 1.00 e. The van der Waals surface area contributed by atoms with E-state index in [0.717, 1.165) is 11.1 Å². The fourth-order valence-electron chi connectivity index (χ4n) is 2.87. The van der Waals surface area contributed by atoms with E-state index in [1.54, 1.807) is 41.5 Å².